The van der Waals surface area contributed by atoms with Gasteiger partial charge in [-0.15, -0.1) is 0 Å². The Morgan fingerprint density at radius 2 is 1.62 bits per heavy atom. The van der Waals surface area contributed by atoms with Crippen molar-refractivity contribution in [2.24, 2.45) is 23.2 Å². The number of nitrogens with one attached hydrogen (secondary N) is 2. The van der Waals surface area contributed by atoms with Crippen LogP contribution >= 0.6 is 0 Å². The van der Waals surface area contributed by atoms with E-state index in [2.05, 4.69) is 15.3 Å². The zero-order valence-electron chi connectivity index (χ0n) is 35.2. The molecular formula is C40H61N5O15. The first-order valence-electron chi connectivity index (χ1n) is 19.9. The van der Waals surface area contributed by atoms with E-state index in [4.69, 9.17) is 14.2 Å². The van der Waals surface area contributed by atoms with Gasteiger partial charge >= 0.3 is 11.7 Å². The van der Waals surface area contributed by atoms with Gasteiger partial charge in [-0.1, -0.05) is 34.6 Å². The van der Waals surface area contributed by atoms with Gasteiger partial charge in [0.2, 0.25) is 5.91 Å². The molecule has 0 aromatic heterocycles. The van der Waals surface area contributed by atoms with Gasteiger partial charge in [-0.25, -0.2) is 14.6 Å². The minimum absolute atomic E-state index is 0.0922. The number of carbonyl (C=O) groups excluding carboxylic acids is 2. The summed E-state index contributed by atoms with van der Waals surface area (Å²) in [5, 5.41) is 90.1. The summed E-state index contributed by atoms with van der Waals surface area (Å²) in [6, 6.07) is 2.61. The van der Waals surface area contributed by atoms with Crippen molar-refractivity contribution in [2.45, 2.75) is 129 Å². The molecule has 60 heavy (non-hydrogen) atoms. The highest BCUT2D eigenvalue weighted by atomic mass is 16.6. The zero-order valence-corrected chi connectivity index (χ0v) is 35.2. The zero-order chi connectivity index (χ0) is 45.0. The van der Waals surface area contributed by atoms with E-state index in [1.165, 1.54) is 11.5 Å². The maximum Gasteiger partial charge on any atom is 0.349 e. The van der Waals surface area contributed by atoms with E-state index in [1.807, 2.05) is 32.7 Å². The molecule has 1 aromatic rings. The number of fused-ring (bicyclic) bond motifs is 2. The number of amides is 1. The Morgan fingerprint density at radius 3 is 2.22 bits per heavy atom. The monoisotopic (exact) mass is 851 g/mol. The molecule has 3 heterocycles. The third-order valence-corrected chi connectivity index (χ3v) is 11.0. The van der Waals surface area contributed by atoms with Crippen LogP contribution in [0.2, 0.25) is 0 Å². The molecule has 1 saturated heterocycles. The highest BCUT2D eigenvalue weighted by Crippen LogP contribution is 2.33. The van der Waals surface area contributed by atoms with Crippen molar-refractivity contribution < 1.29 is 64.7 Å². The van der Waals surface area contributed by atoms with E-state index in [9.17, 15) is 60.0 Å². The summed E-state index contributed by atoms with van der Waals surface area (Å²) in [6.07, 6.45) is -13.8. The Balaban J connectivity index is 1.49. The van der Waals surface area contributed by atoms with Crippen molar-refractivity contribution in [2.75, 3.05) is 26.4 Å². The summed E-state index contributed by atoms with van der Waals surface area (Å²) in [4.78, 5) is 60.6. The number of aliphatic hydroxyl groups excluding tert-OH is 8. The number of rotatable bonds is 18. The smallest absolute Gasteiger partial charge is 0.349 e. The largest absolute Gasteiger partial charge is 0.461 e. The first-order chi connectivity index (χ1) is 28.0. The normalized spacial score (nSPS) is 23.5. The van der Waals surface area contributed by atoms with E-state index >= 15 is 0 Å². The van der Waals surface area contributed by atoms with Gasteiger partial charge < -0.3 is 64.9 Å². The fraction of sp³-hybridized carbons (Fsp3) is 0.700. The van der Waals surface area contributed by atoms with Gasteiger partial charge in [-0.3, -0.25) is 14.6 Å². The summed E-state index contributed by atoms with van der Waals surface area (Å²) in [7, 11) is 0. The predicted molar refractivity (Wildman–Crippen MR) is 214 cm³/mol. The summed E-state index contributed by atoms with van der Waals surface area (Å²) in [6.45, 7) is 10.7. The number of aromatic amines is 1. The standard InChI is InChI=1S/C40H61N5O15/c1-17(2)9-21-29(41-20(5)47)28(60-27(13-46)31(21)50)16-58-14-22(32(51)35(54)40(6,7)8)33(52)38(56)59-15-26(49)34(53)25(48)12-45-24-11-19(4)18(3)10-23(24)42-30-36(45)43-39(57)44-37(30)55/h10-11,17,21-22,25-29,31-35,46,48-54H,9,12-16H2,1-8H3,(H,41,47)(H,44,55,57). The number of aliphatic hydroxyl groups is 8. The maximum absolute atomic E-state index is 13.3. The van der Waals surface area contributed by atoms with Gasteiger partial charge in [0.1, 0.15) is 37.1 Å². The van der Waals surface area contributed by atoms with E-state index in [-0.39, 0.29) is 24.0 Å². The second-order valence-electron chi connectivity index (χ2n) is 17.3. The van der Waals surface area contributed by atoms with Crippen LogP contribution in [-0.2, 0) is 30.3 Å². The quantitative estimate of drug-likeness (QED) is 0.0483. The van der Waals surface area contributed by atoms with Crippen LogP contribution in [0.3, 0.4) is 0 Å². The molecule has 0 spiro atoms. The fourth-order valence-electron chi connectivity index (χ4n) is 7.47. The molecule has 0 aliphatic carbocycles. The van der Waals surface area contributed by atoms with Crippen molar-refractivity contribution in [3.63, 3.8) is 0 Å². The molecule has 0 bridgehead atoms. The third kappa shape index (κ3) is 11.5. The average molecular weight is 852 g/mol. The minimum Gasteiger partial charge on any atom is -0.461 e. The van der Waals surface area contributed by atoms with Crippen molar-refractivity contribution >= 4 is 22.9 Å². The molecule has 20 nitrogen and oxygen atoms in total. The third-order valence-electron chi connectivity index (χ3n) is 11.0. The first kappa shape index (κ1) is 48.7. The average Bonchev–Trinajstić information content (AvgIpc) is 3.16. The molecule has 12 atom stereocenters. The molecule has 20 heteroatoms. The summed E-state index contributed by atoms with van der Waals surface area (Å²) in [5.74, 6) is -3.98. The molecule has 4 rings (SSSR count). The first-order valence-corrected chi connectivity index (χ1v) is 19.9. The van der Waals surface area contributed by atoms with Crippen LogP contribution < -0.4 is 16.6 Å². The lowest BCUT2D eigenvalue weighted by Gasteiger charge is -2.45. The molecular weight excluding hydrogens is 790 g/mol. The molecule has 3 aliphatic heterocycles. The number of H-pyrrole nitrogens is 1. The van der Waals surface area contributed by atoms with Crippen molar-refractivity contribution in [1.82, 2.24) is 24.8 Å². The Bertz CT molecular complexity index is 2020. The van der Waals surface area contributed by atoms with Crippen molar-refractivity contribution in [3.8, 4) is 11.5 Å². The lowest BCUT2D eigenvalue weighted by atomic mass is 9.79. The second-order valence-corrected chi connectivity index (χ2v) is 17.3. The van der Waals surface area contributed by atoms with Crippen LogP contribution in [0.15, 0.2) is 21.7 Å². The Labute approximate surface area is 346 Å². The fourth-order valence-corrected chi connectivity index (χ4v) is 7.47. The molecule has 10 N–H and O–H groups in total. The number of aryl methyl sites for hydroxylation is 2. The summed E-state index contributed by atoms with van der Waals surface area (Å²) in [5.41, 5.74) is -0.658. The van der Waals surface area contributed by atoms with E-state index in [1.54, 1.807) is 32.9 Å². The molecule has 0 radical (unpaired) electrons. The van der Waals surface area contributed by atoms with Crippen LogP contribution in [0.1, 0.15) is 59.1 Å². The van der Waals surface area contributed by atoms with Crippen LogP contribution in [0.5, 0.6) is 0 Å². The number of aromatic nitrogens is 4. The highest BCUT2D eigenvalue weighted by Gasteiger charge is 2.46. The van der Waals surface area contributed by atoms with Gasteiger partial charge in [-0.2, -0.15) is 4.98 Å². The molecule has 1 fully saturated rings. The van der Waals surface area contributed by atoms with Gasteiger partial charge in [0.15, 0.2) is 17.6 Å². The van der Waals surface area contributed by atoms with Crippen molar-refractivity contribution in [3.05, 3.63) is 44.1 Å². The topological polar surface area (TPSA) is 316 Å². The van der Waals surface area contributed by atoms with E-state index in [0.29, 0.717) is 17.5 Å². The van der Waals surface area contributed by atoms with Gasteiger partial charge in [0.05, 0.1) is 61.8 Å². The van der Waals surface area contributed by atoms with Gasteiger partial charge in [-0.05, 0) is 54.9 Å². The lowest BCUT2D eigenvalue weighted by Crippen LogP contribution is -2.62. The van der Waals surface area contributed by atoms with Crippen LogP contribution in [0, 0.1) is 37.0 Å². The molecule has 0 saturated carbocycles. The number of ether oxygens (including phenoxy) is 3. The number of benzene rings is 1. The Kier molecular flexibility index (Phi) is 16.5. The van der Waals surface area contributed by atoms with E-state index < -0.39 is 128 Å². The van der Waals surface area contributed by atoms with Crippen LogP contribution in [-0.4, -0.2) is 160 Å². The maximum atomic E-state index is 13.3. The summed E-state index contributed by atoms with van der Waals surface area (Å²) >= 11 is 0. The van der Waals surface area contributed by atoms with Gasteiger partial charge in [0.25, 0.3) is 5.56 Å². The number of esters is 1. The second kappa shape index (κ2) is 20.3. The predicted octanol–water partition coefficient (Wildman–Crippen LogP) is -2.12. The van der Waals surface area contributed by atoms with Gasteiger partial charge in [0, 0.05) is 18.8 Å². The number of hydrogen-bond acceptors (Lipinski definition) is 17. The molecule has 1 amide bonds. The minimum atomic E-state index is -2.17. The Hall–Kier alpha value is -3.96. The van der Waals surface area contributed by atoms with Crippen LogP contribution in [0.25, 0.3) is 22.6 Å². The SMILES string of the molecule is CC(=O)NC1C(COCC(C(O)C(=O)OCC(O)C(O)C(O)Cn2c3nc(=O)[nH]c(=O)c-3nc3cc(C)c(C)cc32)C(O)C(O)C(C)(C)C)OC(CO)C(O)C1CC(C)C. The summed E-state index contributed by atoms with van der Waals surface area (Å²) < 4.78 is 18.2. The number of nitrogens with zero attached hydrogens (tertiary/aromatic N) is 3. The van der Waals surface area contributed by atoms with Crippen LogP contribution in [0.4, 0.5) is 0 Å². The molecule has 3 aliphatic rings. The Morgan fingerprint density at radius 1 is 0.967 bits per heavy atom. The molecule has 336 valence electrons. The number of carbonyl (C=O) groups is 2. The van der Waals surface area contributed by atoms with E-state index in [0.717, 1.165) is 11.1 Å². The highest BCUT2D eigenvalue weighted by molar-refractivity contribution is 5.81. The lowest BCUT2D eigenvalue weighted by molar-refractivity contribution is -0.196. The molecule has 1 aromatic carbocycles. The molecule has 12 unspecified atom stereocenters. The van der Waals surface area contributed by atoms with Crippen molar-refractivity contribution in [1.29, 1.82) is 0 Å². The number of hydrogen-bond donors (Lipinski definition) is 10.